The van der Waals surface area contributed by atoms with Crippen LogP contribution in [-0.2, 0) is 6.54 Å². The molecular weight excluding hydrogens is 362 g/mol. The number of nitrogens with one attached hydrogen (secondary N) is 1. The zero-order valence-corrected chi connectivity index (χ0v) is 16.8. The molecule has 0 aliphatic heterocycles. The van der Waals surface area contributed by atoms with Gasteiger partial charge in [0.15, 0.2) is 0 Å². The van der Waals surface area contributed by atoms with Crippen LogP contribution >= 0.6 is 0 Å². The Morgan fingerprint density at radius 3 is 2.48 bits per heavy atom. The summed E-state index contributed by atoms with van der Waals surface area (Å²) in [5.74, 6) is 0.574. The van der Waals surface area contributed by atoms with Gasteiger partial charge in [0.2, 0.25) is 0 Å². The number of aromatic nitrogens is 2. The van der Waals surface area contributed by atoms with Gasteiger partial charge in [-0.1, -0.05) is 54.1 Å². The standard InChI is InChI=1S/C24H23N3O2/c1-16-8-11-18(12-9-16)22-23(27-15-17(2)10-13-21(27)26-22)24(28)25-14-19-6-4-5-7-20(19)29-3/h4-13,15H,14H2,1-3H3,(H,25,28). The number of imidazole rings is 1. The van der Waals surface area contributed by atoms with Crippen LogP contribution in [0.5, 0.6) is 5.75 Å². The Hall–Kier alpha value is -3.60. The minimum absolute atomic E-state index is 0.176. The van der Waals surface area contributed by atoms with Crippen molar-refractivity contribution in [3.63, 3.8) is 0 Å². The Morgan fingerprint density at radius 1 is 1.00 bits per heavy atom. The van der Waals surface area contributed by atoms with Gasteiger partial charge in [-0.15, -0.1) is 0 Å². The summed E-state index contributed by atoms with van der Waals surface area (Å²) in [7, 11) is 1.63. The quantitative estimate of drug-likeness (QED) is 0.548. The van der Waals surface area contributed by atoms with Crippen molar-refractivity contribution < 1.29 is 9.53 Å². The Labute approximate surface area is 170 Å². The predicted molar refractivity (Wildman–Crippen MR) is 114 cm³/mol. The number of aryl methyl sites for hydroxylation is 2. The molecule has 5 heteroatoms. The van der Waals surface area contributed by atoms with Gasteiger partial charge in [0.05, 0.1) is 7.11 Å². The molecule has 0 fully saturated rings. The van der Waals surface area contributed by atoms with Crippen molar-refractivity contribution in [2.45, 2.75) is 20.4 Å². The van der Waals surface area contributed by atoms with E-state index in [4.69, 9.17) is 9.72 Å². The predicted octanol–water partition coefficient (Wildman–Crippen LogP) is 4.56. The number of amides is 1. The summed E-state index contributed by atoms with van der Waals surface area (Å²) in [6.45, 7) is 4.41. The van der Waals surface area contributed by atoms with Crippen LogP contribution in [0.4, 0.5) is 0 Å². The Balaban J connectivity index is 1.74. The molecule has 29 heavy (non-hydrogen) atoms. The number of ether oxygens (including phenoxy) is 1. The molecule has 2 heterocycles. The summed E-state index contributed by atoms with van der Waals surface area (Å²) in [5, 5.41) is 3.03. The van der Waals surface area contributed by atoms with Crippen molar-refractivity contribution in [3.05, 3.63) is 89.2 Å². The first-order chi connectivity index (χ1) is 14.1. The number of carbonyl (C=O) groups excluding carboxylic acids is 1. The highest BCUT2D eigenvalue weighted by molar-refractivity contribution is 5.99. The zero-order valence-electron chi connectivity index (χ0n) is 16.8. The number of carbonyl (C=O) groups is 1. The maximum atomic E-state index is 13.3. The van der Waals surface area contributed by atoms with Crippen LogP contribution in [0.15, 0.2) is 66.9 Å². The molecule has 5 nitrogen and oxygen atoms in total. The number of rotatable bonds is 5. The fourth-order valence-electron chi connectivity index (χ4n) is 3.39. The summed E-state index contributed by atoms with van der Waals surface area (Å²) in [6.07, 6.45) is 1.94. The van der Waals surface area contributed by atoms with Crippen LogP contribution in [0.1, 0.15) is 27.2 Å². The molecule has 0 spiro atoms. The van der Waals surface area contributed by atoms with Crippen LogP contribution in [0.3, 0.4) is 0 Å². The van der Waals surface area contributed by atoms with Crippen molar-refractivity contribution in [1.29, 1.82) is 0 Å². The molecule has 0 aliphatic carbocycles. The lowest BCUT2D eigenvalue weighted by Crippen LogP contribution is -2.25. The third-order valence-electron chi connectivity index (χ3n) is 4.94. The first kappa shape index (κ1) is 18.7. The highest BCUT2D eigenvalue weighted by Crippen LogP contribution is 2.26. The number of pyridine rings is 1. The lowest BCUT2D eigenvalue weighted by molar-refractivity contribution is 0.0945. The normalized spacial score (nSPS) is 10.9. The SMILES string of the molecule is COc1ccccc1CNC(=O)c1c(-c2ccc(C)cc2)nc2ccc(C)cn12. The maximum Gasteiger partial charge on any atom is 0.270 e. The molecule has 0 radical (unpaired) electrons. The highest BCUT2D eigenvalue weighted by Gasteiger charge is 2.21. The number of nitrogens with zero attached hydrogens (tertiary/aromatic N) is 2. The van der Waals surface area contributed by atoms with E-state index in [1.807, 2.05) is 85.1 Å². The number of para-hydroxylation sites is 1. The lowest BCUT2D eigenvalue weighted by atomic mass is 10.1. The van der Waals surface area contributed by atoms with E-state index in [1.165, 1.54) is 0 Å². The second kappa shape index (κ2) is 7.80. The minimum atomic E-state index is -0.176. The highest BCUT2D eigenvalue weighted by atomic mass is 16.5. The van der Waals surface area contributed by atoms with E-state index in [0.29, 0.717) is 17.9 Å². The van der Waals surface area contributed by atoms with Crippen molar-refractivity contribution in [3.8, 4) is 17.0 Å². The molecule has 1 N–H and O–H groups in total. The molecule has 0 saturated carbocycles. The lowest BCUT2D eigenvalue weighted by Gasteiger charge is -2.11. The third kappa shape index (κ3) is 3.72. The monoisotopic (exact) mass is 385 g/mol. The first-order valence-electron chi connectivity index (χ1n) is 9.52. The Bertz CT molecular complexity index is 1180. The Kier molecular flexibility index (Phi) is 5.04. The Morgan fingerprint density at radius 2 is 1.72 bits per heavy atom. The summed E-state index contributed by atoms with van der Waals surface area (Å²) < 4.78 is 7.25. The summed E-state index contributed by atoms with van der Waals surface area (Å²) in [5.41, 5.74) is 6.01. The zero-order chi connectivity index (χ0) is 20.4. The van der Waals surface area contributed by atoms with Crippen molar-refractivity contribution >= 4 is 11.6 Å². The minimum Gasteiger partial charge on any atom is -0.496 e. The largest absolute Gasteiger partial charge is 0.496 e. The molecule has 0 aliphatic rings. The van der Waals surface area contributed by atoms with E-state index in [-0.39, 0.29) is 5.91 Å². The van der Waals surface area contributed by atoms with E-state index in [2.05, 4.69) is 5.32 Å². The van der Waals surface area contributed by atoms with E-state index in [9.17, 15) is 4.79 Å². The fraction of sp³-hybridized carbons (Fsp3) is 0.167. The molecule has 0 bridgehead atoms. The van der Waals surface area contributed by atoms with Crippen LogP contribution in [0, 0.1) is 13.8 Å². The van der Waals surface area contributed by atoms with E-state index >= 15 is 0 Å². The summed E-state index contributed by atoms with van der Waals surface area (Å²) in [4.78, 5) is 18.0. The smallest absolute Gasteiger partial charge is 0.270 e. The average molecular weight is 385 g/mol. The fourth-order valence-corrected chi connectivity index (χ4v) is 3.39. The number of hydrogen-bond acceptors (Lipinski definition) is 3. The topological polar surface area (TPSA) is 55.6 Å². The molecule has 2 aromatic carbocycles. The van der Waals surface area contributed by atoms with Gasteiger partial charge >= 0.3 is 0 Å². The number of fused-ring (bicyclic) bond motifs is 1. The van der Waals surface area contributed by atoms with E-state index in [0.717, 1.165) is 33.7 Å². The van der Waals surface area contributed by atoms with Gasteiger partial charge in [-0.25, -0.2) is 4.98 Å². The van der Waals surface area contributed by atoms with Gasteiger partial charge < -0.3 is 10.1 Å². The van der Waals surface area contributed by atoms with Crippen molar-refractivity contribution in [1.82, 2.24) is 14.7 Å². The number of methoxy groups -OCH3 is 1. The third-order valence-corrected chi connectivity index (χ3v) is 4.94. The van der Waals surface area contributed by atoms with Gasteiger partial charge in [-0.2, -0.15) is 0 Å². The second-order valence-electron chi connectivity index (χ2n) is 7.10. The summed E-state index contributed by atoms with van der Waals surface area (Å²) >= 11 is 0. The van der Waals surface area contributed by atoms with E-state index in [1.54, 1.807) is 7.11 Å². The van der Waals surface area contributed by atoms with Gasteiger partial charge in [0.25, 0.3) is 5.91 Å². The molecule has 0 atom stereocenters. The van der Waals surface area contributed by atoms with E-state index < -0.39 is 0 Å². The van der Waals surface area contributed by atoms with Crippen LogP contribution in [0.2, 0.25) is 0 Å². The molecule has 146 valence electrons. The number of hydrogen-bond donors (Lipinski definition) is 1. The van der Waals surface area contributed by atoms with Crippen LogP contribution < -0.4 is 10.1 Å². The second-order valence-corrected chi connectivity index (χ2v) is 7.10. The van der Waals surface area contributed by atoms with Gasteiger partial charge in [0.1, 0.15) is 22.8 Å². The maximum absolute atomic E-state index is 13.3. The van der Waals surface area contributed by atoms with Crippen molar-refractivity contribution in [2.75, 3.05) is 7.11 Å². The molecule has 4 rings (SSSR count). The van der Waals surface area contributed by atoms with Gasteiger partial charge in [0, 0.05) is 23.9 Å². The number of benzene rings is 2. The van der Waals surface area contributed by atoms with Gasteiger partial charge in [-0.3, -0.25) is 9.20 Å². The molecule has 1 amide bonds. The average Bonchev–Trinajstić information content (AvgIpc) is 3.11. The van der Waals surface area contributed by atoms with Gasteiger partial charge in [-0.05, 0) is 31.5 Å². The summed E-state index contributed by atoms with van der Waals surface area (Å²) in [6, 6.07) is 19.7. The first-order valence-corrected chi connectivity index (χ1v) is 9.52. The molecule has 0 saturated heterocycles. The van der Waals surface area contributed by atoms with Crippen LogP contribution in [0.25, 0.3) is 16.9 Å². The molecule has 2 aromatic heterocycles. The molecule has 4 aromatic rings. The molecule has 0 unspecified atom stereocenters. The molecular formula is C24H23N3O2. The van der Waals surface area contributed by atoms with Crippen LogP contribution in [-0.4, -0.2) is 22.4 Å². The van der Waals surface area contributed by atoms with Crippen molar-refractivity contribution in [2.24, 2.45) is 0 Å².